The van der Waals surface area contributed by atoms with E-state index in [0.29, 0.717) is 5.69 Å². The molecule has 98 valence electrons. The van der Waals surface area contributed by atoms with E-state index in [4.69, 9.17) is 11.6 Å². The van der Waals surface area contributed by atoms with Crippen molar-refractivity contribution >= 4 is 39.1 Å². The van der Waals surface area contributed by atoms with E-state index in [1.54, 1.807) is 0 Å². The Labute approximate surface area is 123 Å². The molecule has 0 spiro atoms. The molecule has 1 amide bonds. The zero-order chi connectivity index (χ0) is 13.8. The average Bonchev–Trinajstić information content (AvgIpc) is 2.37. The van der Waals surface area contributed by atoms with Crippen LogP contribution in [-0.4, -0.2) is 5.91 Å². The molecule has 5 heteroatoms. The van der Waals surface area contributed by atoms with Gasteiger partial charge in [-0.15, -0.1) is 0 Å². The summed E-state index contributed by atoms with van der Waals surface area (Å²) in [7, 11) is 0. The van der Waals surface area contributed by atoms with Crippen molar-refractivity contribution in [1.82, 2.24) is 0 Å². The molecule has 0 saturated carbocycles. The molecule has 0 saturated heterocycles. The van der Waals surface area contributed by atoms with Gasteiger partial charge in [0, 0.05) is 10.2 Å². The summed E-state index contributed by atoms with van der Waals surface area (Å²) in [6.45, 7) is 0. The van der Waals surface area contributed by atoms with Crippen LogP contribution in [0.25, 0.3) is 0 Å². The number of rotatable bonds is 3. The lowest BCUT2D eigenvalue weighted by molar-refractivity contribution is -0.115. The van der Waals surface area contributed by atoms with E-state index in [2.05, 4.69) is 21.2 Å². The highest BCUT2D eigenvalue weighted by molar-refractivity contribution is 9.10. The Hall–Kier alpha value is -1.39. The number of halogens is 3. The van der Waals surface area contributed by atoms with Crippen molar-refractivity contribution in [3.63, 3.8) is 0 Å². The van der Waals surface area contributed by atoms with Crippen LogP contribution in [-0.2, 0) is 11.2 Å². The standard InChI is InChI=1S/C14H10BrClFNO/c15-10-3-1-9(2-4-10)7-14(19)18-11-5-6-13(17)12(16)8-11/h1-6,8H,7H2,(H,18,19). The molecule has 0 fully saturated rings. The maximum Gasteiger partial charge on any atom is 0.228 e. The molecule has 2 rings (SSSR count). The van der Waals surface area contributed by atoms with E-state index in [0.717, 1.165) is 10.0 Å². The van der Waals surface area contributed by atoms with Gasteiger partial charge in [-0.05, 0) is 35.9 Å². The van der Waals surface area contributed by atoms with Crippen LogP contribution in [0, 0.1) is 5.82 Å². The van der Waals surface area contributed by atoms with Gasteiger partial charge in [-0.1, -0.05) is 39.7 Å². The Morgan fingerprint density at radius 3 is 2.53 bits per heavy atom. The summed E-state index contributed by atoms with van der Waals surface area (Å²) in [5.74, 6) is -0.683. The predicted molar refractivity (Wildman–Crippen MR) is 77.9 cm³/mol. The molecule has 0 heterocycles. The number of nitrogens with one attached hydrogen (secondary N) is 1. The first-order chi connectivity index (χ1) is 9.04. The number of benzene rings is 2. The van der Waals surface area contributed by atoms with Crippen molar-refractivity contribution in [2.75, 3.05) is 5.32 Å². The fourth-order valence-corrected chi connectivity index (χ4v) is 2.01. The van der Waals surface area contributed by atoms with Crippen LogP contribution in [0.2, 0.25) is 5.02 Å². The van der Waals surface area contributed by atoms with Crippen molar-refractivity contribution in [1.29, 1.82) is 0 Å². The van der Waals surface area contributed by atoms with Gasteiger partial charge in [0.1, 0.15) is 5.82 Å². The summed E-state index contributed by atoms with van der Waals surface area (Å²) in [5.41, 5.74) is 1.38. The Balaban J connectivity index is 2.01. The van der Waals surface area contributed by atoms with Crippen LogP contribution in [0.3, 0.4) is 0 Å². The summed E-state index contributed by atoms with van der Waals surface area (Å²) in [6, 6.07) is 11.5. The maximum atomic E-state index is 13.0. The molecule has 0 aromatic heterocycles. The van der Waals surface area contributed by atoms with Gasteiger partial charge < -0.3 is 5.32 Å². The summed E-state index contributed by atoms with van der Waals surface area (Å²) < 4.78 is 13.9. The molecule has 19 heavy (non-hydrogen) atoms. The summed E-state index contributed by atoms with van der Waals surface area (Å²) in [5, 5.41) is 2.66. The average molecular weight is 343 g/mol. The minimum Gasteiger partial charge on any atom is -0.326 e. The second-order valence-corrected chi connectivity index (χ2v) is 5.30. The lowest BCUT2D eigenvalue weighted by Crippen LogP contribution is -2.14. The van der Waals surface area contributed by atoms with E-state index >= 15 is 0 Å². The maximum absolute atomic E-state index is 13.0. The quantitative estimate of drug-likeness (QED) is 0.879. The van der Waals surface area contributed by atoms with Crippen LogP contribution < -0.4 is 5.32 Å². The molecular formula is C14H10BrClFNO. The first-order valence-corrected chi connectivity index (χ1v) is 6.71. The first-order valence-electron chi connectivity index (χ1n) is 5.54. The monoisotopic (exact) mass is 341 g/mol. The third-order valence-electron chi connectivity index (χ3n) is 2.48. The van der Waals surface area contributed by atoms with Crippen LogP contribution in [0.15, 0.2) is 46.9 Å². The summed E-state index contributed by atoms with van der Waals surface area (Å²) >= 11 is 8.97. The topological polar surface area (TPSA) is 29.1 Å². The zero-order valence-corrected chi connectivity index (χ0v) is 12.1. The second-order valence-electron chi connectivity index (χ2n) is 3.98. The second kappa shape index (κ2) is 6.17. The van der Waals surface area contributed by atoms with Crippen LogP contribution in [0.5, 0.6) is 0 Å². The molecule has 0 bridgehead atoms. The Morgan fingerprint density at radius 2 is 1.89 bits per heavy atom. The van der Waals surface area contributed by atoms with E-state index in [1.165, 1.54) is 18.2 Å². The van der Waals surface area contributed by atoms with Gasteiger partial charge in [0.2, 0.25) is 5.91 Å². The number of carbonyl (C=O) groups excluding carboxylic acids is 1. The highest BCUT2D eigenvalue weighted by Crippen LogP contribution is 2.19. The number of anilines is 1. The van der Waals surface area contributed by atoms with E-state index in [1.807, 2.05) is 24.3 Å². The van der Waals surface area contributed by atoms with Crippen molar-refractivity contribution < 1.29 is 9.18 Å². The van der Waals surface area contributed by atoms with Gasteiger partial charge in [-0.2, -0.15) is 0 Å². The minimum atomic E-state index is -0.507. The van der Waals surface area contributed by atoms with E-state index in [-0.39, 0.29) is 17.4 Å². The molecule has 2 aromatic rings. The Kier molecular flexibility index (Phi) is 4.56. The van der Waals surface area contributed by atoms with E-state index < -0.39 is 5.82 Å². The molecular weight excluding hydrogens is 333 g/mol. The number of hydrogen-bond donors (Lipinski definition) is 1. The summed E-state index contributed by atoms with van der Waals surface area (Å²) in [6.07, 6.45) is 0.252. The molecule has 0 radical (unpaired) electrons. The van der Waals surface area contributed by atoms with Crippen molar-refractivity contribution in [3.8, 4) is 0 Å². The fourth-order valence-electron chi connectivity index (χ4n) is 1.57. The minimum absolute atomic E-state index is 0.0126. The van der Waals surface area contributed by atoms with Gasteiger partial charge in [0.25, 0.3) is 0 Å². The van der Waals surface area contributed by atoms with Gasteiger partial charge in [0.15, 0.2) is 0 Å². The van der Waals surface area contributed by atoms with Crippen LogP contribution in [0.1, 0.15) is 5.56 Å². The van der Waals surface area contributed by atoms with Crippen molar-refractivity contribution in [2.45, 2.75) is 6.42 Å². The molecule has 0 aliphatic carbocycles. The molecule has 1 N–H and O–H groups in total. The summed E-state index contributed by atoms with van der Waals surface area (Å²) in [4.78, 5) is 11.8. The number of carbonyl (C=O) groups is 1. The SMILES string of the molecule is O=C(Cc1ccc(Br)cc1)Nc1ccc(F)c(Cl)c1. The largest absolute Gasteiger partial charge is 0.326 e. The van der Waals surface area contributed by atoms with E-state index in [9.17, 15) is 9.18 Å². The Bertz CT molecular complexity index is 601. The van der Waals surface area contributed by atoms with Crippen LogP contribution >= 0.6 is 27.5 Å². The molecule has 0 atom stereocenters. The lowest BCUT2D eigenvalue weighted by atomic mass is 10.1. The normalized spacial score (nSPS) is 10.3. The predicted octanol–water partition coefficient (Wildman–Crippen LogP) is 4.42. The molecule has 0 aliphatic heterocycles. The lowest BCUT2D eigenvalue weighted by Gasteiger charge is -2.06. The number of hydrogen-bond acceptors (Lipinski definition) is 1. The molecule has 0 aliphatic rings. The number of amides is 1. The molecule has 0 unspecified atom stereocenters. The van der Waals surface area contributed by atoms with Gasteiger partial charge in [0.05, 0.1) is 11.4 Å². The van der Waals surface area contributed by atoms with Crippen molar-refractivity contribution in [2.24, 2.45) is 0 Å². The molecule has 2 nitrogen and oxygen atoms in total. The Morgan fingerprint density at radius 1 is 1.21 bits per heavy atom. The zero-order valence-electron chi connectivity index (χ0n) is 9.79. The third-order valence-corrected chi connectivity index (χ3v) is 3.30. The molecule has 2 aromatic carbocycles. The third kappa shape index (κ3) is 4.04. The fraction of sp³-hybridized carbons (Fsp3) is 0.0714. The first kappa shape index (κ1) is 14.0. The van der Waals surface area contributed by atoms with Gasteiger partial charge in [-0.3, -0.25) is 4.79 Å². The smallest absolute Gasteiger partial charge is 0.228 e. The highest BCUT2D eigenvalue weighted by atomic mass is 79.9. The van der Waals surface area contributed by atoms with Gasteiger partial charge in [-0.25, -0.2) is 4.39 Å². The highest BCUT2D eigenvalue weighted by Gasteiger charge is 2.06. The van der Waals surface area contributed by atoms with Gasteiger partial charge >= 0.3 is 0 Å². The van der Waals surface area contributed by atoms with Crippen LogP contribution in [0.4, 0.5) is 10.1 Å². The van der Waals surface area contributed by atoms with Crippen molar-refractivity contribution in [3.05, 3.63) is 63.3 Å².